The SMILES string of the molecule is CCCCCCCCCCCCC(CC(=O)O)(C(=O)[O-])[N+](C)(C)C. The van der Waals surface area contributed by atoms with E-state index in [1.165, 1.54) is 44.9 Å². The molecule has 0 aliphatic rings. The smallest absolute Gasteiger partial charge is 0.310 e. The van der Waals surface area contributed by atoms with E-state index in [1.807, 2.05) is 0 Å². The Morgan fingerprint density at radius 3 is 1.62 bits per heavy atom. The van der Waals surface area contributed by atoms with E-state index < -0.39 is 23.9 Å². The minimum Gasteiger partial charge on any atom is -0.544 e. The van der Waals surface area contributed by atoms with E-state index in [9.17, 15) is 14.7 Å². The van der Waals surface area contributed by atoms with E-state index >= 15 is 0 Å². The van der Waals surface area contributed by atoms with Gasteiger partial charge in [0, 0.05) is 6.42 Å². The van der Waals surface area contributed by atoms with Crippen molar-refractivity contribution in [3.05, 3.63) is 0 Å². The van der Waals surface area contributed by atoms with Crippen molar-refractivity contribution in [1.82, 2.24) is 0 Å². The lowest BCUT2D eigenvalue weighted by Gasteiger charge is -2.46. The molecule has 5 nitrogen and oxygen atoms in total. The van der Waals surface area contributed by atoms with Gasteiger partial charge in [-0.05, 0) is 6.42 Å². The molecule has 0 aromatic carbocycles. The number of carboxylic acid groups (broad SMARTS) is 2. The van der Waals surface area contributed by atoms with E-state index in [2.05, 4.69) is 6.92 Å². The van der Waals surface area contributed by atoms with E-state index in [0.29, 0.717) is 6.42 Å². The molecule has 0 aromatic rings. The molecule has 24 heavy (non-hydrogen) atoms. The van der Waals surface area contributed by atoms with Crippen LogP contribution >= 0.6 is 0 Å². The molecule has 0 amide bonds. The zero-order valence-corrected chi connectivity index (χ0v) is 16.1. The van der Waals surface area contributed by atoms with Gasteiger partial charge in [-0.1, -0.05) is 64.7 Å². The molecule has 0 heterocycles. The van der Waals surface area contributed by atoms with E-state index in [4.69, 9.17) is 5.11 Å². The van der Waals surface area contributed by atoms with Crippen molar-refractivity contribution < 1.29 is 24.3 Å². The number of hydrogen-bond donors (Lipinski definition) is 1. The maximum Gasteiger partial charge on any atom is 0.310 e. The number of hydrogen-bond acceptors (Lipinski definition) is 3. The second-order valence-electron chi connectivity index (χ2n) is 7.83. The van der Waals surface area contributed by atoms with Crippen molar-refractivity contribution in [3.8, 4) is 0 Å². The maximum atomic E-state index is 11.7. The molecule has 0 radical (unpaired) electrons. The fraction of sp³-hybridized carbons (Fsp3) is 0.895. The maximum absolute atomic E-state index is 11.7. The van der Waals surface area contributed by atoms with Gasteiger partial charge in [0.05, 0.1) is 21.1 Å². The third-order valence-electron chi connectivity index (χ3n) is 5.05. The first kappa shape index (κ1) is 22.9. The Bertz CT molecular complexity index is 376. The largest absolute Gasteiger partial charge is 0.544 e. The molecule has 5 heteroatoms. The number of carboxylic acids is 2. The monoisotopic (exact) mass is 343 g/mol. The van der Waals surface area contributed by atoms with Crippen LogP contribution < -0.4 is 5.11 Å². The van der Waals surface area contributed by atoms with Gasteiger partial charge in [0.15, 0.2) is 0 Å². The van der Waals surface area contributed by atoms with Crippen molar-refractivity contribution in [1.29, 1.82) is 0 Å². The molecule has 1 unspecified atom stereocenters. The molecule has 0 aliphatic heterocycles. The van der Waals surface area contributed by atoms with Crippen LogP contribution in [0.1, 0.15) is 84.0 Å². The molecule has 1 atom stereocenters. The standard InChI is InChI=1S/C19H37NO4/c1-5-6-7-8-9-10-11-12-13-14-15-19(18(23)24,16-17(21)22)20(2,3)4/h5-16H2,1-4H3,(H-,21,22,23,24). The van der Waals surface area contributed by atoms with Gasteiger partial charge in [-0.2, -0.15) is 0 Å². The van der Waals surface area contributed by atoms with Crippen LogP contribution in [0.5, 0.6) is 0 Å². The van der Waals surface area contributed by atoms with Crippen LogP contribution in [0, 0.1) is 0 Å². The molecule has 0 spiro atoms. The van der Waals surface area contributed by atoms with Crippen LogP contribution in [-0.2, 0) is 9.59 Å². The Kier molecular flexibility index (Phi) is 10.9. The first-order chi connectivity index (χ1) is 11.2. The summed E-state index contributed by atoms with van der Waals surface area (Å²) in [5.74, 6) is -2.34. The van der Waals surface area contributed by atoms with Crippen LogP contribution in [0.2, 0.25) is 0 Å². The van der Waals surface area contributed by atoms with Crippen LogP contribution in [0.25, 0.3) is 0 Å². The Morgan fingerprint density at radius 2 is 1.29 bits per heavy atom. The minimum absolute atomic E-state index is 0.0685. The molecule has 0 aromatic heterocycles. The minimum atomic E-state index is -1.36. The van der Waals surface area contributed by atoms with Gasteiger partial charge in [0.25, 0.3) is 0 Å². The van der Waals surface area contributed by atoms with Crippen LogP contribution in [-0.4, -0.2) is 48.2 Å². The molecular formula is C19H37NO4. The predicted molar refractivity (Wildman–Crippen MR) is 94.5 cm³/mol. The Morgan fingerprint density at radius 1 is 0.875 bits per heavy atom. The summed E-state index contributed by atoms with van der Waals surface area (Å²) >= 11 is 0. The average molecular weight is 344 g/mol. The van der Waals surface area contributed by atoms with Gasteiger partial charge in [0.1, 0.15) is 17.9 Å². The number of likely N-dealkylation sites (N-methyl/N-ethyl adjacent to an activating group) is 1. The number of aliphatic carboxylic acids is 2. The van der Waals surface area contributed by atoms with Gasteiger partial charge < -0.3 is 19.5 Å². The zero-order chi connectivity index (χ0) is 18.6. The summed E-state index contributed by atoms with van der Waals surface area (Å²) in [6.45, 7) is 2.22. The highest BCUT2D eigenvalue weighted by atomic mass is 16.4. The second kappa shape index (κ2) is 11.5. The number of nitrogens with zero attached hydrogens (tertiary/aromatic N) is 1. The number of rotatable bonds is 15. The Hall–Kier alpha value is -1.10. The summed E-state index contributed by atoms with van der Waals surface area (Å²) in [5.41, 5.74) is -1.36. The highest BCUT2D eigenvalue weighted by Crippen LogP contribution is 2.29. The summed E-state index contributed by atoms with van der Waals surface area (Å²) in [6, 6.07) is 0. The fourth-order valence-corrected chi connectivity index (χ4v) is 3.26. The molecule has 0 bridgehead atoms. The van der Waals surface area contributed by atoms with Crippen molar-refractivity contribution >= 4 is 11.9 Å². The molecule has 1 N–H and O–H groups in total. The zero-order valence-electron chi connectivity index (χ0n) is 16.1. The highest BCUT2D eigenvalue weighted by Gasteiger charge is 2.46. The predicted octanol–water partition coefficient (Wildman–Crippen LogP) is 2.97. The summed E-state index contributed by atoms with van der Waals surface area (Å²) < 4.78 is 0.0685. The summed E-state index contributed by atoms with van der Waals surface area (Å²) in [7, 11) is 5.19. The molecule has 0 aliphatic carbocycles. The lowest BCUT2D eigenvalue weighted by atomic mass is 9.85. The average Bonchev–Trinajstić information content (AvgIpc) is 2.46. The van der Waals surface area contributed by atoms with Gasteiger partial charge in [0.2, 0.25) is 0 Å². The van der Waals surface area contributed by atoms with Gasteiger partial charge >= 0.3 is 5.97 Å². The first-order valence-electron chi connectivity index (χ1n) is 9.42. The second-order valence-corrected chi connectivity index (χ2v) is 7.83. The molecular weight excluding hydrogens is 306 g/mol. The molecule has 0 saturated carbocycles. The fourth-order valence-electron chi connectivity index (χ4n) is 3.26. The Labute approximate surface area is 147 Å². The molecule has 0 saturated heterocycles. The van der Waals surface area contributed by atoms with Gasteiger partial charge in [-0.15, -0.1) is 0 Å². The Balaban J connectivity index is 4.21. The third-order valence-corrected chi connectivity index (χ3v) is 5.05. The lowest BCUT2D eigenvalue weighted by Crippen LogP contribution is -2.66. The number of unbranched alkanes of at least 4 members (excludes halogenated alkanes) is 9. The van der Waals surface area contributed by atoms with Gasteiger partial charge in [-0.25, -0.2) is 0 Å². The summed E-state index contributed by atoms with van der Waals surface area (Å²) in [6.07, 6.45) is 11.6. The quantitative estimate of drug-likeness (QED) is 0.366. The van der Waals surface area contributed by atoms with Gasteiger partial charge in [-0.3, -0.25) is 4.79 Å². The van der Waals surface area contributed by atoms with Crippen LogP contribution in [0.3, 0.4) is 0 Å². The number of quaternary nitrogens is 1. The third kappa shape index (κ3) is 8.13. The first-order valence-corrected chi connectivity index (χ1v) is 9.42. The van der Waals surface area contributed by atoms with Crippen molar-refractivity contribution in [2.75, 3.05) is 21.1 Å². The highest BCUT2D eigenvalue weighted by molar-refractivity contribution is 5.82. The summed E-state index contributed by atoms with van der Waals surface area (Å²) in [5, 5.41) is 20.8. The summed E-state index contributed by atoms with van der Waals surface area (Å²) in [4.78, 5) is 22.9. The van der Waals surface area contributed by atoms with E-state index in [0.717, 1.165) is 19.3 Å². The molecule has 142 valence electrons. The normalized spacial score (nSPS) is 14.3. The van der Waals surface area contributed by atoms with Crippen molar-refractivity contribution in [2.24, 2.45) is 0 Å². The van der Waals surface area contributed by atoms with Crippen LogP contribution in [0.4, 0.5) is 0 Å². The van der Waals surface area contributed by atoms with E-state index in [-0.39, 0.29) is 4.48 Å². The van der Waals surface area contributed by atoms with Crippen molar-refractivity contribution in [2.45, 2.75) is 89.5 Å². The number of carbonyl (C=O) groups excluding carboxylic acids is 1. The lowest BCUT2D eigenvalue weighted by molar-refractivity contribution is -0.916. The molecule has 0 rings (SSSR count). The molecule has 0 fully saturated rings. The number of carbonyl (C=O) groups is 2. The van der Waals surface area contributed by atoms with Crippen molar-refractivity contribution in [3.63, 3.8) is 0 Å². The van der Waals surface area contributed by atoms with E-state index in [1.54, 1.807) is 21.1 Å². The topological polar surface area (TPSA) is 77.4 Å². The van der Waals surface area contributed by atoms with Crippen LogP contribution in [0.15, 0.2) is 0 Å².